The Morgan fingerprint density at radius 2 is 1.77 bits per heavy atom. The van der Waals surface area contributed by atoms with Gasteiger partial charge in [0, 0.05) is 26.6 Å². The maximum Gasteiger partial charge on any atom is 0.285 e. The zero-order valence-corrected chi connectivity index (χ0v) is 18.4. The fraction of sp³-hybridized carbons (Fsp3) is 0.182. The highest BCUT2D eigenvalue weighted by atomic mass is 32.2. The van der Waals surface area contributed by atoms with Crippen LogP contribution >= 0.6 is 11.3 Å². The Morgan fingerprint density at radius 1 is 1.07 bits per heavy atom. The lowest BCUT2D eigenvalue weighted by molar-refractivity contribution is 0.0940. The highest BCUT2D eigenvalue weighted by Crippen LogP contribution is 2.28. The Hall–Kier alpha value is -2.97. The molecule has 4 rings (SSSR count). The summed E-state index contributed by atoms with van der Waals surface area (Å²) in [5.74, 6) is 0.114. The molecule has 154 valence electrons. The van der Waals surface area contributed by atoms with Crippen LogP contribution in [0.2, 0.25) is 0 Å². The van der Waals surface area contributed by atoms with E-state index in [-0.39, 0.29) is 22.7 Å². The lowest BCUT2D eigenvalue weighted by atomic mass is 10.1. The van der Waals surface area contributed by atoms with E-state index < -0.39 is 10.0 Å². The number of hydrogen-bond acceptors (Lipinski definition) is 5. The first-order chi connectivity index (χ1) is 14.2. The van der Waals surface area contributed by atoms with Gasteiger partial charge in [0.2, 0.25) is 0 Å². The standard InChI is InChI=1S/C22H21N3O3S2/c1-13-12-19(15(3)29-13)14(2)23-22(26)16-8-10-17(11-9-16)24-21-18-6-4-5-7-20(18)30(27,28)25-21/h4-12,14H,1-3H3,(H,23,26)(H,24,25)/t14-/m1/s1. The van der Waals surface area contributed by atoms with Crippen molar-refractivity contribution in [3.8, 4) is 0 Å². The molecule has 2 heterocycles. The molecule has 0 spiro atoms. The van der Waals surface area contributed by atoms with Gasteiger partial charge < -0.3 is 10.6 Å². The molecule has 0 aliphatic carbocycles. The summed E-state index contributed by atoms with van der Waals surface area (Å²) in [4.78, 5) is 15.2. The van der Waals surface area contributed by atoms with Crippen LogP contribution in [0.3, 0.4) is 0 Å². The van der Waals surface area contributed by atoms with E-state index >= 15 is 0 Å². The Labute approximate surface area is 179 Å². The van der Waals surface area contributed by atoms with Crippen LogP contribution in [0.1, 0.15) is 44.2 Å². The monoisotopic (exact) mass is 439 g/mol. The summed E-state index contributed by atoms with van der Waals surface area (Å²) < 4.78 is 28.1. The SMILES string of the molecule is Cc1cc([C@@H](C)NC(=O)c2ccc(NC3=NS(=O)(=O)c4ccccc43)cc2)c(C)s1. The highest BCUT2D eigenvalue weighted by Gasteiger charge is 2.28. The second-order valence-electron chi connectivity index (χ2n) is 7.18. The predicted octanol–water partition coefficient (Wildman–Crippen LogP) is 4.42. The maximum atomic E-state index is 12.6. The average molecular weight is 440 g/mol. The summed E-state index contributed by atoms with van der Waals surface area (Å²) in [6.45, 7) is 6.08. The van der Waals surface area contributed by atoms with E-state index in [4.69, 9.17) is 0 Å². The minimum atomic E-state index is -3.68. The van der Waals surface area contributed by atoms with E-state index in [2.05, 4.69) is 34.9 Å². The summed E-state index contributed by atoms with van der Waals surface area (Å²) in [5.41, 5.74) is 2.84. The van der Waals surface area contributed by atoms with Crippen LogP contribution in [0.4, 0.5) is 5.69 Å². The molecular formula is C22H21N3O3S2. The van der Waals surface area contributed by atoms with Crippen molar-refractivity contribution >= 4 is 38.8 Å². The molecule has 30 heavy (non-hydrogen) atoms. The molecule has 2 N–H and O–H groups in total. The smallest absolute Gasteiger partial charge is 0.285 e. The third-order valence-corrected chi connectivity index (χ3v) is 7.25. The van der Waals surface area contributed by atoms with Crippen molar-refractivity contribution in [3.05, 3.63) is 81.0 Å². The lowest BCUT2D eigenvalue weighted by Gasteiger charge is -2.14. The van der Waals surface area contributed by atoms with Crippen molar-refractivity contribution in [2.75, 3.05) is 5.32 Å². The van der Waals surface area contributed by atoms with Gasteiger partial charge in [0.15, 0.2) is 5.84 Å². The van der Waals surface area contributed by atoms with Gasteiger partial charge in [-0.2, -0.15) is 8.42 Å². The molecule has 1 atom stereocenters. The lowest BCUT2D eigenvalue weighted by Crippen LogP contribution is -2.26. The molecule has 0 bridgehead atoms. The quantitative estimate of drug-likeness (QED) is 0.630. The summed E-state index contributed by atoms with van der Waals surface area (Å²) in [6.07, 6.45) is 0. The number of carbonyl (C=O) groups is 1. The van der Waals surface area contributed by atoms with Crippen LogP contribution in [0.5, 0.6) is 0 Å². The summed E-state index contributed by atoms with van der Waals surface area (Å²) in [6, 6.07) is 15.6. The number of hydrogen-bond donors (Lipinski definition) is 2. The van der Waals surface area contributed by atoms with E-state index in [1.807, 2.05) is 6.92 Å². The number of fused-ring (bicyclic) bond motifs is 1. The van der Waals surface area contributed by atoms with E-state index in [0.29, 0.717) is 16.8 Å². The van der Waals surface area contributed by atoms with Gasteiger partial charge in [-0.05, 0) is 68.8 Å². The van der Waals surface area contributed by atoms with Gasteiger partial charge in [-0.1, -0.05) is 12.1 Å². The van der Waals surface area contributed by atoms with E-state index in [1.165, 1.54) is 15.8 Å². The van der Waals surface area contributed by atoms with E-state index in [9.17, 15) is 13.2 Å². The predicted molar refractivity (Wildman–Crippen MR) is 120 cm³/mol. The second-order valence-corrected chi connectivity index (χ2v) is 10.2. The number of thiophene rings is 1. The average Bonchev–Trinajstić information content (AvgIpc) is 3.18. The van der Waals surface area contributed by atoms with Gasteiger partial charge in [-0.3, -0.25) is 4.79 Å². The Kier molecular flexibility index (Phi) is 5.21. The number of sulfonamides is 1. The fourth-order valence-electron chi connectivity index (χ4n) is 3.48. The first-order valence-electron chi connectivity index (χ1n) is 9.44. The number of nitrogens with zero attached hydrogens (tertiary/aromatic N) is 1. The number of benzene rings is 2. The number of anilines is 1. The molecule has 0 saturated heterocycles. The van der Waals surface area contributed by atoms with Gasteiger partial charge in [0.25, 0.3) is 15.9 Å². The van der Waals surface area contributed by atoms with Gasteiger partial charge in [-0.25, -0.2) is 0 Å². The molecule has 0 saturated carbocycles. The summed E-state index contributed by atoms with van der Waals surface area (Å²) in [5, 5.41) is 6.06. The van der Waals surface area contributed by atoms with Crippen LogP contribution in [0.25, 0.3) is 0 Å². The molecule has 0 fully saturated rings. The first kappa shape index (κ1) is 20.3. The van der Waals surface area contributed by atoms with E-state index in [0.717, 1.165) is 5.56 Å². The van der Waals surface area contributed by atoms with Crippen molar-refractivity contribution in [1.82, 2.24) is 5.32 Å². The third kappa shape index (κ3) is 3.88. The van der Waals surface area contributed by atoms with Crippen LogP contribution in [-0.4, -0.2) is 20.2 Å². The van der Waals surface area contributed by atoms with Crippen LogP contribution in [0, 0.1) is 13.8 Å². The normalized spacial score (nSPS) is 15.2. The minimum Gasteiger partial charge on any atom is -0.345 e. The number of nitrogens with one attached hydrogen (secondary N) is 2. The van der Waals surface area contributed by atoms with Gasteiger partial charge in [-0.15, -0.1) is 15.7 Å². The highest BCUT2D eigenvalue weighted by molar-refractivity contribution is 7.90. The number of rotatable bonds is 4. The maximum absolute atomic E-state index is 12.6. The van der Waals surface area contributed by atoms with Crippen LogP contribution in [-0.2, 0) is 10.0 Å². The number of carbonyl (C=O) groups excluding carboxylic acids is 1. The van der Waals surface area contributed by atoms with Crippen molar-refractivity contribution in [2.24, 2.45) is 4.40 Å². The van der Waals surface area contributed by atoms with Gasteiger partial charge in [0.05, 0.1) is 6.04 Å². The third-order valence-electron chi connectivity index (χ3n) is 4.93. The van der Waals surface area contributed by atoms with E-state index in [1.54, 1.807) is 53.8 Å². The first-order valence-corrected chi connectivity index (χ1v) is 11.7. The Balaban J connectivity index is 1.47. The minimum absolute atomic E-state index is 0.0881. The fourth-order valence-corrected chi connectivity index (χ4v) is 5.67. The number of aryl methyl sites for hydroxylation is 2. The topological polar surface area (TPSA) is 87.6 Å². The largest absolute Gasteiger partial charge is 0.345 e. The number of amidine groups is 1. The summed E-state index contributed by atoms with van der Waals surface area (Å²) >= 11 is 1.72. The molecule has 0 unspecified atom stereocenters. The zero-order valence-electron chi connectivity index (χ0n) is 16.8. The van der Waals surface area contributed by atoms with Crippen molar-refractivity contribution in [2.45, 2.75) is 31.7 Å². The molecule has 0 radical (unpaired) electrons. The molecule has 6 nitrogen and oxygen atoms in total. The molecule has 8 heteroatoms. The molecular weight excluding hydrogens is 418 g/mol. The van der Waals surface area contributed by atoms with Crippen molar-refractivity contribution in [1.29, 1.82) is 0 Å². The van der Waals surface area contributed by atoms with Crippen LogP contribution in [0.15, 0.2) is 63.9 Å². The van der Waals surface area contributed by atoms with Crippen molar-refractivity contribution in [3.63, 3.8) is 0 Å². The molecule has 2 aromatic carbocycles. The second kappa shape index (κ2) is 7.70. The van der Waals surface area contributed by atoms with Gasteiger partial charge in [0.1, 0.15) is 4.90 Å². The Bertz CT molecular complexity index is 1260. The number of amides is 1. The molecule has 3 aromatic rings. The van der Waals surface area contributed by atoms with Crippen molar-refractivity contribution < 1.29 is 13.2 Å². The van der Waals surface area contributed by atoms with Gasteiger partial charge >= 0.3 is 0 Å². The molecule has 1 aromatic heterocycles. The molecule has 1 amide bonds. The molecule has 1 aliphatic rings. The summed E-state index contributed by atoms with van der Waals surface area (Å²) in [7, 11) is -3.68. The van der Waals surface area contributed by atoms with Crippen LogP contribution < -0.4 is 10.6 Å². The zero-order chi connectivity index (χ0) is 21.5. The Morgan fingerprint density at radius 3 is 2.43 bits per heavy atom. The molecule has 1 aliphatic heterocycles.